The van der Waals surface area contributed by atoms with Crippen LogP contribution in [-0.4, -0.2) is 175 Å². The molecule has 0 atom stereocenters. The lowest BCUT2D eigenvalue weighted by atomic mass is 10.0. The number of aromatic nitrogens is 11. The minimum absolute atomic E-state index is 0.0790. The monoisotopic (exact) mass is 2020 g/mol. The van der Waals surface area contributed by atoms with Crippen LogP contribution < -0.4 is 38.1 Å². The summed E-state index contributed by atoms with van der Waals surface area (Å²) < 4.78 is 10.2. The molecule has 4 aliphatic rings. The number of benzene rings is 5. The Hall–Kier alpha value is -16.3. The van der Waals surface area contributed by atoms with E-state index in [2.05, 4.69) is 46.5 Å². The van der Waals surface area contributed by atoms with Gasteiger partial charge in [0.1, 0.15) is 60.8 Å². The first-order chi connectivity index (χ1) is 70.0. The molecule has 11 aromatic heterocycles. The number of thiazole rings is 4. The second-order valence-electron chi connectivity index (χ2n) is 32.8. The second kappa shape index (κ2) is 48.0. The molecule has 0 saturated carbocycles. The number of pyridine rings is 3. The number of hydrogen-bond acceptors (Lipinski definition) is 26. The molecule has 4 aliphatic heterocycles. The fourth-order valence-electron chi connectivity index (χ4n) is 16.1. The number of aromatic carboxylic acids is 1. The maximum Gasteiger partial charge on any atom is 0.340 e. The number of ether oxygens (including phenoxy) is 2. The molecule has 5 aromatic carbocycles. The van der Waals surface area contributed by atoms with Crippen LogP contribution >= 0.6 is 45.3 Å². The first-order valence-electron chi connectivity index (χ1n) is 46.3. The SMILES string of the molecule is CCN.CCNC(=O)c1c(C)[nH]c(/C=C2\C(=O)Nc3ccc(-c4csc(-c5ccccc5)n4)nc32)c1C.CCO.CCOC(=O)c1c(C)[nH]c(/C=C2\C(=O)Nc3ccc(-c4csc(-c5ccccc5)n4)nc32)c1C.Cc1[nH]c(/C=C2\C(=O)Nc3ccc(-c4csc(-c5ccccc5)n4)cc32)c(C)c1C(=O)O.Cc1[nH]c(/C=C2\C(=O)Nc3ccc(-c4csc(-c5ccccc5)n4)nc32)c(C)c1C(=O)OCCO.NCCO. The van der Waals surface area contributed by atoms with Crippen molar-refractivity contribution in [2.75, 3.05) is 73.9 Å². The Morgan fingerprint density at radius 2 is 0.676 bits per heavy atom. The van der Waals surface area contributed by atoms with Crippen LogP contribution in [0.4, 0.5) is 22.7 Å². The molecule has 0 fully saturated rings. The Morgan fingerprint density at radius 3 is 1.01 bits per heavy atom. The van der Waals surface area contributed by atoms with Crippen molar-refractivity contribution in [2.45, 2.75) is 83.1 Å². The van der Waals surface area contributed by atoms with Crippen LogP contribution in [0.25, 0.3) is 134 Å². The number of hydrogen-bond donors (Lipinski definition) is 15. The molecule has 32 nitrogen and oxygen atoms in total. The molecule has 15 heterocycles. The van der Waals surface area contributed by atoms with Crippen molar-refractivity contribution in [1.29, 1.82) is 0 Å². The predicted octanol–water partition coefficient (Wildman–Crippen LogP) is 19.5. The van der Waals surface area contributed by atoms with E-state index in [9.17, 15) is 43.5 Å². The number of aryl methyl sites for hydroxylation is 4. The summed E-state index contributed by atoms with van der Waals surface area (Å²) in [5, 5.41) is 59.6. The van der Waals surface area contributed by atoms with Crippen LogP contribution in [0.15, 0.2) is 197 Å². The Kier molecular flexibility index (Phi) is 34.6. The second-order valence-corrected chi connectivity index (χ2v) is 36.3. The molecule has 0 saturated heterocycles. The fourth-order valence-corrected chi connectivity index (χ4v) is 19.4. The van der Waals surface area contributed by atoms with Gasteiger partial charge in [-0.2, -0.15) is 0 Å². The third kappa shape index (κ3) is 23.9. The molecule has 0 spiro atoms. The van der Waals surface area contributed by atoms with E-state index >= 15 is 0 Å². The lowest BCUT2D eigenvalue weighted by Gasteiger charge is -2.03. The molecular formula is C109H106N18O14S4. The van der Waals surface area contributed by atoms with Gasteiger partial charge < -0.3 is 87.9 Å². The number of nitrogens with two attached hydrogens (primary N) is 2. The maximum atomic E-state index is 12.8. The third-order valence-electron chi connectivity index (χ3n) is 22.9. The summed E-state index contributed by atoms with van der Waals surface area (Å²) in [6.07, 6.45) is 6.91. The number of fused-ring (bicyclic) bond motifs is 4. The zero-order valence-corrected chi connectivity index (χ0v) is 84.6. The van der Waals surface area contributed by atoms with Gasteiger partial charge in [-0.1, -0.05) is 134 Å². The van der Waals surface area contributed by atoms with Gasteiger partial charge in [0, 0.05) is 126 Å². The molecule has 0 radical (unpaired) electrons. The van der Waals surface area contributed by atoms with Crippen LogP contribution in [0, 0.1) is 55.4 Å². The van der Waals surface area contributed by atoms with Crippen LogP contribution in [0.2, 0.25) is 0 Å². The van der Waals surface area contributed by atoms with Gasteiger partial charge in [0.05, 0.1) is 104 Å². The smallest absolute Gasteiger partial charge is 0.340 e. The lowest BCUT2D eigenvalue weighted by molar-refractivity contribution is -0.111. The first kappa shape index (κ1) is 105. The Labute approximate surface area is 851 Å². The summed E-state index contributed by atoms with van der Waals surface area (Å²) in [7, 11) is 0. The number of carboxylic acid groups (broad SMARTS) is 1. The average Bonchev–Trinajstić information content (AvgIpc) is 1.63. The number of amides is 5. The van der Waals surface area contributed by atoms with Crippen molar-refractivity contribution in [3.05, 3.63) is 310 Å². The van der Waals surface area contributed by atoms with Crippen molar-refractivity contribution >= 4 is 162 Å². The van der Waals surface area contributed by atoms with E-state index in [1.54, 1.807) is 99.9 Å². The van der Waals surface area contributed by atoms with Crippen molar-refractivity contribution in [3.63, 3.8) is 0 Å². The summed E-state index contributed by atoms with van der Waals surface area (Å²) in [6, 6.07) is 56.8. The minimum Gasteiger partial charge on any atom is -0.478 e. The molecule has 145 heavy (non-hydrogen) atoms. The number of esters is 2. The van der Waals surface area contributed by atoms with Crippen molar-refractivity contribution < 1.29 is 68.3 Å². The van der Waals surface area contributed by atoms with Crippen LogP contribution in [-0.2, 0) is 28.7 Å². The molecule has 16 aromatic rings. The number of aliphatic hydroxyl groups is 3. The number of anilines is 4. The van der Waals surface area contributed by atoms with Gasteiger partial charge in [0.25, 0.3) is 29.5 Å². The summed E-state index contributed by atoms with van der Waals surface area (Å²) in [6.45, 7) is 23.6. The van der Waals surface area contributed by atoms with Crippen LogP contribution in [0.3, 0.4) is 0 Å². The predicted molar refractivity (Wildman–Crippen MR) is 574 cm³/mol. The molecule has 740 valence electrons. The van der Waals surface area contributed by atoms with E-state index < -0.39 is 11.9 Å². The molecule has 5 amide bonds. The van der Waals surface area contributed by atoms with Gasteiger partial charge in [-0.05, 0) is 178 Å². The van der Waals surface area contributed by atoms with E-state index in [4.69, 9.17) is 71.1 Å². The third-order valence-corrected chi connectivity index (χ3v) is 26.5. The number of nitrogens with one attached hydrogen (secondary N) is 9. The molecule has 20 rings (SSSR count). The number of carbonyl (C=O) groups is 8. The van der Waals surface area contributed by atoms with Gasteiger partial charge in [-0.15, -0.1) is 45.3 Å². The summed E-state index contributed by atoms with van der Waals surface area (Å²) in [5.74, 6) is -2.99. The highest BCUT2D eigenvalue weighted by atomic mass is 32.1. The summed E-state index contributed by atoms with van der Waals surface area (Å²) in [5.41, 5.74) is 36.4. The van der Waals surface area contributed by atoms with Gasteiger partial charge in [0.2, 0.25) is 0 Å². The van der Waals surface area contributed by atoms with E-state index in [0.717, 1.165) is 105 Å². The highest BCUT2D eigenvalue weighted by Crippen LogP contribution is 2.43. The zero-order chi connectivity index (χ0) is 103. The van der Waals surface area contributed by atoms with Gasteiger partial charge in [-0.25, -0.2) is 49.3 Å². The van der Waals surface area contributed by atoms with E-state index in [1.165, 1.54) is 11.3 Å². The Morgan fingerprint density at radius 1 is 0.372 bits per heavy atom. The largest absolute Gasteiger partial charge is 0.478 e. The lowest BCUT2D eigenvalue weighted by Crippen LogP contribution is -2.23. The van der Waals surface area contributed by atoms with Crippen LogP contribution in [0.1, 0.15) is 160 Å². The molecular weight excluding hydrogens is 1910 g/mol. The standard InChI is InChI=1S/C26H23N5O2S.C26H22N4O4S.C26H22N4O3S.C25H19N3O3S.C2H7NO.C2H7N.C2H6O/c1-4-27-25(33)22-14(2)20(28-15(22)3)12-17-23-19(30-24(17)32)11-10-18(29-23)21-13-34-26(31-21)16-8-6-5-7-9-16;1-14-20(27-15(2)22(14)26(33)34-11-10-31)12-17-23-19(29-24(17)32)9-8-18(28-23)21-13-35-25(30-21)16-6-4-3-5-7-16;1-4-33-26(32)22-14(2)20(27-15(22)3)12-17-23-19(29-24(17)31)11-10-18(28-23)21-13-34-25(30-21)16-8-6-5-7-9-16;1-13-20(26-14(2)22(13)25(30)31)11-18-17-10-16(8-9-19(17)27-23(18)29)21-12-32-24(28-21)15-6-4-3-5-7-15;3-1-2-4;2*1-2-3/h5-13,28H,4H2,1-3H3,(H,27,33)(H,30,32);3-9,12-13,27,31H,10-11H2,1-2H3,(H,29,32);5-13,27H,4H2,1-3H3,(H,29,31);3-12,26H,1-2H3,(H,27,29)(H,30,31);4H,1-3H2;2-3H2,1H3;3H,2H2,1H3/b3*17-12-;18-11-;;;. The molecule has 36 heteroatoms. The van der Waals surface area contributed by atoms with Gasteiger partial charge in [0.15, 0.2) is 0 Å². The normalized spacial score (nSPS) is 13.3. The molecule has 17 N–H and O–H groups in total. The molecule has 0 unspecified atom stereocenters. The topological polar surface area (TPSA) is 502 Å². The first-order valence-corrected chi connectivity index (χ1v) is 49.8. The number of carboxylic acids is 1. The molecule has 0 aliphatic carbocycles. The van der Waals surface area contributed by atoms with Gasteiger partial charge in [-0.3, -0.25) is 24.0 Å². The quantitative estimate of drug-likeness (QED) is 0.0235. The van der Waals surface area contributed by atoms with Crippen LogP contribution in [0.5, 0.6) is 0 Å². The zero-order valence-electron chi connectivity index (χ0n) is 81.3. The van der Waals surface area contributed by atoms with Crippen molar-refractivity contribution in [2.24, 2.45) is 11.5 Å². The highest BCUT2D eigenvalue weighted by Gasteiger charge is 2.34. The van der Waals surface area contributed by atoms with Crippen molar-refractivity contribution in [1.82, 2.24) is 60.1 Å². The summed E-state index contributed by atoms with van der Waals surface area (Å²) in [4.78, 5) is 146. The Balaban J connectivity index is 0.000000148. The minimum atomic E-state index is -0.989. The van der Waals surface area contributed by atoms with Crippen molar-refractivity contribution in [3.8, 4) is 87.7 Å². The number of carbonyl (C=O) groups excluding carboxylic acids is 7. The number of aliphatic hydroxyl groups excluding tert-OH is 3. The highest BCUT2D eigenvalue weighted by molar-refractivity contribution is 7.14. The number of aromatic amines is 4. The Bertz CT molecular complexity index is 7420. The van der Waals surface area contributed by atoms with E-state index in [-0.39, 0.29) is 67.5 Å². The number of rotatable bonds is 21. The fraction of sp³-hybridized carbons (Fsp3) is 0.183. The van der Waals surface area contributed by atoms with E-state index in [0.29, 0.717) is 161 Å². The molecule has 0 bridgehead atoms. The maximum absolute atomic E-state index is 12.8. The van der Waals surface area contributed by atoms with Gasteiger partial charge >= 0.3 is 17.9 Å². The average molecular weight is 2020 g/mol. The summed E-state index contributed by atoms with van der Waals surface area (Å²) >= 11 is 6.22. The van der Waals surface area contributed by atoms with E-state index in [1.807, 2.05) is 239 Å². The number of H-pyrrole nitrogens is 4. The number of nitrogens with zero attached hydrogens (tertiary/aromatic N) is 7.